The molecule has 1 saturated carbocycles. The van der Waals surface area contributed by atoms with Crippen LogP contribution in [0, 0.1) is 11.7 Å². The summed E-state index contributed by atoms with van der Waals surface area (Å²) in [7, 11) is 0. The second-order valence-corrected chi connectivity index (χ2v) is 5.22. The van der Waals surface area contributed by atoms with Gasteiger partial charge in [-0.05, 0) is 36.6 Å². The van der Waals surface area contributed by atoms with Crippen molar-refractivity contribution in [2.24, 2.45) is 5.92 Å². The zero-order valence-corrected chi connectivity index (χ0v) is 10.9. The Bertz CT molecular complexity index is 376. The van der Waals surface area contributed by atoms with Crippen LogP contribution in [0.4, 0.5) is 4.39 Å². The minimum atomic E-state index is -0.266. The fraction of sp³-hybridized carbons (Fsp3) is 0.571. The van der Waals surface area contributed by atoms with E-state index in [1.54, 1.807) is 0 Å². The highest BCUT2D eigenvalue weighted by Gasteiger charge is 2.23. The SMILES string of the molecule is CCNC(CC1CCC1)c1ccc(F)cc1Cl. The number of benzene rings is 1. The van der Waals surface area contributed by atoms with Crippen LogP contribution in [-0.2, 0) is 0 Å². The van der Waals surface area contributed by atoms with E-state index in [0.717, 1.165) is 24.4 Å². The zero-order chi connectivity index (χ0) is 12.3. The third-order valence-corrected chi connectivity index (χ3v) is 3.91. The van der Waals surface area contributed by atoms with E-state index in [4.69, 9.17) is 11.6 Å². The van der Waals surface area contributed by atoms with Crippen LogP contribution in [-0.4, -0.2) is 6.54 Å². The first-order valence-electron chi connectivity index (χ1n) is 6.39. The van der Waals surface area contributed by atoms with Gasteiger partial charge in [-0.2, -0.15) is 0 Å². The molecule has 0 radical (unpaired) electrons. The molecule has 1 N–H and O–H groups in total. The second kappa shape index (κ2) is 5.83. The average molecular weight is 256 g/mol. The van der Waals surface area contributed by atoms with E-state index in [-0.39, 0.29) is 11.9 Å². The predicted octanol–water partition coefficient (Wildman–Crippen LogP) is 4.32. The molecule has 0 aromatic heterocycles. The van der Waals surface area contributed by atoms with Crippen molar-refractivity contribution in [1.29, 1.82) is 0 Å². The van der Waals surface area contributed by atoms with Crippen LogP contribution in [0.25, 0.3) is 0 Å². The van der Waals surface area contributed by atoms with Gasteiger partial charge in [-0.25, -0.2) is 4.39 Å². The van der Waals surface area contributed by atoms with Crippen molar-refractivity contribution in [3.8, 4) is 0 Å². The molecule has 94 valence electrons. The molecular formula is C14H19ClFN. The van der Waals surface area contributed by atoms with Crippen molar-refractivity contribution in [3.63, 3.8) is 0 Å². The fourth-order valence-corrected chi connectivity index (χ4v) is 2.71. The Kier molecular flexibility index (Phi) is 4.41. The first-order valence-corrected chi connectivity index (χ1v) is 6.76. The molecule has 1 aliphatic carbocycles. The van der Waals surface area contributed by atoms with Crippen LogP contribution >= 0.6 is 11.6 Å². The van der Waals surface area contributed by atoms with Crippen LogP contribution in [0.3, 0.4) is 0 Å². The lowest BCUT2D eigenvalue weighted by molar-refractivity contribution is 0.262. The van der Waals surface area contributed by atoms with Gasteiger partial charge in [-0.15, -0.1) is 0 Å². The van der Waals surface area contributed by atoms with Crippen molar-refractivity contribution < 1.29 is 4.39 Å². The van der Waals surface area contributed by atoms with Gasteiger partial charge in [0.25, 0.3) is 0 Å². The van der Waals surface area contributed by atoms with Crippen LogP contribution < -0.4 is 5.32 Å². The molecule has 1 aromatic rings. The summed E-state index contributed by atoms with van der Waals surface area (Å²) in [5.74, 6) is 0.540. The molecule has 1 fully saturated rings. The normalized spacial score (nSPS) is 17.8. The van der Waals surface area contributed by atoms with Crippen LogP contribution in [0.1, 0.15) is 44.2 Å². The van der Waals surface area contributed by atoms with Crippen molar-refractivity contribution in [2.45, 2.75) is 38.6 Å². The fourth-order valence-electron chi connectivity index (χ4n) is 2.41. The molecule has 0 spiro atoms. The van der Waals surface area contributed by atoms with E-state index >= 15 is 0 Å². The first-order chi connectivity index (χ1) is 8.20. The van der Waals surface area contributed by atoms with Crippen LogP contribution in [0.15, 0.2) is 18.2 Å². The number of hydrogen-bond acceptors (Lipinski definition) is 1. The Morgan fingerprint density at radius 2 is 2.24 bits per heavy atom. The lowest BCUT2D eigenvalue weighted by Crippen LogP contribution is -2.26. The molecule has 2 rings (SSSR count). The Balaban J connectivity index is 2.12. The summed E-state index contributed by atoms with van der Waals surface area (Å²) in [6.07, 6.45) is 5.10. The van der Waals surface area contributed by atoms with Gasteiger partial charge < -0.3 is 5.32 Å². The summed E-state index contributed by atoms with van der Waals surface area (Å²) < 4.78 is 13.0. The van der Waals surface area contributed by atoms with Gasteiger partial charge in [0.2, 0.25) is 0 Å². The lowest BCUT2D eigenvalue weighted by atomic mass is 9.79. The molecular weight excluding hydrogens is 237 g/mol. The molecule has 0 amide bonds. The molecule has 1 aromatic carbocycles. The molecule has 0 saturated heterocycles. The maximum Gasteiger partial charge on any atom is 0.124 e. The Morgan fingerprint density at radius 1 is 1.47 bits per heavy atom. The van der Waals surface area contributed by atoms with Crippen LogP contribution in [0.5, 0.6) is 0 Å². The maximum atomic E-state index is 13.0. The molecule has 1 atom stereocenters. The van der Waals surface area contributed by atoms with E-state index in [1.165, 1.54) is 31.4 Å². The van der Waals surface area contributed by atoms with Gasteiger partial charge in [0.05, 0.1) is 0 Å². The number of hydrogen-bond donors (Lipinski definition) is 1. The van der Waals surface area contributed by atoms with Crippen molar-refractivity contribution in [2.75, 3.05) is 6.54 Å². The Morgan fingerprint density at radius 3 is 2.76 bits per heavy atom. The largest absolute Gasteiger partial charge is 0.310 e. The van der Waals surface area contributed by atoms with Crippen LogP contribution in [0.2, 0.25) is 5.02 Å². The Labute approximate surface area is 107 Å². The van der Waals surface area contributed by atoms with Crippen molar-refractivity contribution in [3.05, 3.63) is 34.6 Å². The molecule has 3 heteroatoms. The van der Waals surface area contributed by atoms with Gasteiger partial charge in [-0.3, -0.25) is 0 Å². The lowest BCUT2D eigenvalue weighted by Gasteiger charge is -2.30. The van der Waals surface area contributed by atoms with Crippen molar-refractivity contribution >= 4 is 11.6 Å². The van der Waals surface area contributed by atoms with E-state index in [1.807, 2.05) is 6.07 Å². The maximum absolute atomic E-state index is 13.0. The molecule has 1 aliphatic rings. The monoisotopic (exact) mass is 255 g/mol. The van der Waals surface area contributed by atoms with Gasteiger partial charge in [0.15, 0.2) is 0 Å². The van der Waals surface area contributed by atoms with Gasteiger partial charge in [-0.1, -0.05) is 43.9 Å². The summed E-state index contributed by atoms with van der Waals surface area (Å²) in [5, 5.41) is 3.99. The number of rotatable bonds is 5. The summed E-state index contributed by atoms with van der Waals surface area (Å²) in [5.41, 5.74) is 1.03. The summed E-state index contributed by atoms with van der Waals surface area (Å²) in [4.78, 5) is 0. The summed E-state index contributed by atoms with van der Waals surface area (Å²) in [6, 6.07) is 4.97. The molecule has 0 bridgehead atoms. The first kappa shape index (κ1) is 12.8. The standard InChI is InChI=1S/C14H19ClFN/c1-2-17-14(8-10-4-3-5-10)12-7-6-11(16)9-13(12)15/h6-7,9-10,14,17H,2-5,8H2,1H3. The molecule has 1 unspecified atom stereocenters. The number of halogens is 2. The summed E-state index contributed by atoms with van der Waals surface area (Å²) >= 11 is 6.12. The number of nitrogens with one attached hydrogen (secondary N) is 1. The quantitative estimate of drug-likeness (QED) is 0.826. The minimum Gasteiger partial charge on any atom is -0.310 e. The highest BCUT2D eigenvalue weighted by Crippen LogP contribution is 2.36. The van der Waals surface area contributed by atoms with Gasteiger partial charge >= 0.3 is 0 Å². The van der Waals surface area contributed by atoms with E-state index in [2.05, 4.69) is 12.2 Å². The van der Waals surface area contributed by atoms with E-state index in [0.29, 0.717) is 5.02 Å². The van der Waals surface area contributed by atoms with Gasteiger partial charge in [0, 0.05) is 11.1 Å². The molecule has 0 heterocycles. The topological polar surface area (TPSA) is 12.0 Å². The Hall–Kier alpha value is -0.600. The van der Waals surface area contributed by atoms with Gasteiger partial charge in [0.1, 0.15) is 5.82 Å². The summed E-state index contributed by atoms with van der Waals surface area (Å²) in [6.45, 7) is 3.00. The van der Waals surface area contributed by atoms with E-state index in [9.17, 15) is 4.39 Å². The highest BCUT2D eigenvalue weighted by atomic mass is 35.5. The van der Waals surface area contributed by atoms with Crippen molar-refractivity contribution in [1.82, 2.24) is 5.32 Å². The second-order valence-electron chi connectivity index (χ2n) is 4.81. The molecule has 1 nitrogen and oxygen atoms in total. The third kappa shape index (κ3) is 3.20. The zero-order valence-electron chi connectivity index (χ0n) is 10.2. The predicted molar refractivity (Wildman–Crippen MR) is 69.8 cm³/mol. The average Bonchev–Trinajstić information content (AvgIpc) is 2.22. The third-order valence-electron chi connectivity index (χ3n) is 3.58. The molecule has 17 heavy (non-hydrogen) atoms. The highest BCUT2D eigenvalue weighted by molar-refractivity contribution is 6.31. The minimum absolute atomic E-state index is 0.262. The van der Waals surface area contributed by atoms with E-state index < -0.39 is 0 Å². The molecule has 0 aliphatic heterocycles. The smallest absolute Gasteiger partial charge is 0.124 e.